The van der Waals surface area contributed by atoms with Crippen molar-refractivity contribution in [2.24, 2.45) is 5.73 Å². The molecule has 0 aromatic carbocycles. The molecule has 1 rings (SSSR count). The molecule has 0 fully saturated rings. The molecule has 0 saturated heterocycles. The Hall–Kier alpha value is -0.990. The first kappa shape index (κ1) is 14.1. The fraction of sp³-hybridized carbons (Fsp3) is 0.556. The van der Waals surface area contributed by atoms with Crippen molar-refractivity contribution in [3.63, 3.8) is 0 Å². The largest absolute Gasteiger partial charge is 0.444 e. The van der Waals surface area contributed by atoms with Crippen LogP contribution >= 0.6 is 12.2 Å². The lowest BCUT2D eigenvalue weighted by Gasteiger charge is -2.10. The number of aromatic nitrogens is 1. The third-order valence-electron chi connectivity index (χ3n) is 2.24. The normalized spacial score (nSPS) is 13.5. The van der Waals surface area contributed by atoms with Crippen molar-refractivity contribution in [1.82, 2.24) is 9.71 Å². The third-order valence-corrected chi connectivity index (χ3v) is 4.47. The number of hydrogen-bond acceptors (Lipinski definition) is 5. The standard InChI is InChI=1S/C9H15N3O3S2/c1-3-7-4-11-8(15-7)5-12-17(13,14)6(2)9(10)16/h4,6,12H,3,5H2,1-2H3,(H2,10,16). The molecule has 6 nitrogen and oxygen atoms in total. The topological polar surface area (TPSA) is 98.2 Å². The molecule has 17 heavy (non-hydrogen) atoms. The smallest absolute Gasteiger partial charge is 0.221 e. The summed E-state index contributed by atoms with van der Waals surface area (Å²) in [6.07, 6.45) is 2.28. The summed E-state index contributed by atoms with van der Waals surface area (Å²) in [6.45, 7) is 3.34. The van der Waals surface area contributed by atoms with Crippen molar-refractivity contribution in [2.45, 2.75) is 32.1 Å². The summed E-state index contributed by atoms with van der Waals surface area (Å²) in [5, 5.41) is -0.918. The summed E-state index contributed by atoms with van der Waals surface area (Å²) in [5.74, 6) is 1.03. The van der Waals surface area contributed by atoms with Crippen molar-refractivity contribution >= 4 is 27.2 Å². The first-order chi connectivity index (χ1) is 7.86. The molecular weight excluding hydrogens is 262 g/mol. The fourth-order valence-corrected chi connectivity index (χ4v) is 2.29. The number of hydrogen-bond donors (Lipinski definition) is 2. The lowest BCUT2D eigenvalue weighted by Crippen LogP contribution is -2.39. The second-order valence-corrected chi connectivity index (χ2v) is 6.04. The van der Waals surface area contributed by atoms with Gasteiger partial charge in [-0.05, 0) is 6.92 Å². The van der Waals surface area contributed by atoms with E-state index in [2.05, 4.69) is 21.9 Å². The van der Waals surface area contributed by atoms with E-state index in [9.17, 15) is 8.42 Å². The van der Waals surface area contributed by atoms with Crippen molar-refractivity contribution in [3.05, 3.63) is 17.8 Å². The summed E-state index contributed by atoms with van der Waals surface area (Å²) in [7, 11) is -3.57. The van der Waals surface area contributed by atoms with Gasteiger partial charge in [-0.25, -0.2) is 18.1 Å². The highest BCUT2D eigenvalue weighted by Gasteiger charge is 2.23. The third kappa shape index (κ3) is 3.76. The Morgan fingerprint density at radius 3 is 2.82 bits per heavy atom. The monoisotopic (exact) mass is 277 g/mol. The summed E-state index contributed by atoms with van der Waals surface area (Å²) >= 11 is 4.64. The summed E-state index contributed by atoms with van der Waals surface area (Å²) in [6, 6.07) is 0. The molecule has 1 heterocycles. The fourth-order valence-electron chi connectivity index (χ4n) is 1.03. The van der Waals surface area contributed by atoms with E-state index >= 15 is 0 Å². The van der Waals surface area contributed by atoms with Crippen LogP contribution in [0.1, 0.15) is 25.5 Å². The number of nitrogens with zero attached hydrogens (tertiary/aromatic N) is 1. The highest BCUT2D eigenvalue weighted by Crippen LogP contribution is 2.05. The Labute approximate surface area is 106 Å². The van der Waals surface area contributed by atoms with Gasteiger partial charge in [-0.1, -0.05) is 19.1 Å². The van der Waals surface area contributed by atoms with Crippen molar-refractivity contribution in [3.8, 4) is 0 Å². The molecule has 8 heteroatoms. The van der Waals surface area contributed by atoms with E-state index in [0.717, 1.165) is 0 Å². The van der Waals surface area contributed by atoms with Gasteiger partial charge in [0.2, 0.25) is 15.9 Å². The van der Waals surface area contributed by atoms with Gasteiger partial charge in [-0.15, -0.1) is 0 Å². The van der Waals surface area contributed by atoms with Crippen LogP contribution in [0, 0.1) is 0 Å². The maximum absolute atomic E-state index is 11.7. The highest BCUT2D eigenvalue weighted by atomic mass is 32.2. The highest BCUT2D eigenvalue weighted by molar-refractivity contribution is 7.93. The van der Waals surface area contributed by atoms with E-state index in [0.29, 0.717) is 18.1 Å². The minimum absolute atomic E-state index is 0.00468. The molecule has 0 amide bonds. The number of aryl methyl sites for hydroxylation is 1. The number of rotatable bonds is 6. The van der Waals surface area contributed by atoms with E-state index in [1.807, 2.05) is 6.92 Å². The molecule has 1 aromatic heterocycles. The first-order valence-electron chi connectivity index (χ1n) is 5.08. The Morgan fingerprint density at radius 1 is 1.71 bits per heavy atom. The molecule has 0 radical (unpaired) electrons. The van der Waals surface area contributed by atoms with Gasteiger partial charge in [0.05, 0.1) is 17.7 Å². The van der Waals surface area contributed by atoms with Gasteiger partial charge < -0.3 is 10.2 Å². The zero-order chi connectivity index (χ0) is 13.1. The van der Waals surface area contributed by atoms with Gasteiger partial charge in [0.25, 0.3) is 0 Å². The maximum Gasteiger partial charge on any atom is 0.221 e. The molecule has 1 atom stereocenters. The van der Waals surface area contributed by atoms with E-state index in [-0.39, 0.29) is 11.5 Å². The lowest BCUT2D eigenvalue weighted by atomic mass is 10.4. The number of oxazole rings is 1. The average molecular weight is 277 g/mol. The zero-order valence-corrected chi connectivity index (χ0v) is 11.3. The molecule has 96 valence electrons. The van der Waals surface area contributed by atoms with Crippen LogP contribution in [0.3, 0.4) is 0 Å². The molecule has 0 spiro atoms. The molecule has 0 aliphatic carbocycles. The minimum atomic E-state index is -3.57. The van der Waals surface area contributed by atoms with E-state index in [1.165, 1.54) is 6.92 Å². The van der Waals surface area contributed by atoms with Crippen molar-refractivity contribution in [1.29, 1.82) is 0 Å². The lowest BCUT2D eigenvalue weighted by molar-refractivity contribution is 0.452. The summed E-state index contributed by atoms with van der Waals surface area (Å²) in [4.78, 5) is 3.87. The molecule has 0 aliphatic rings. The van der Waals surface area contributed by atoms with Crippen LogP contribution in [0.25, 0.3) is 0 Å². The molecule has 0 bridgehead atoms. The quantitative estimate of drug-likeness (QED) is 0.727. The van der Waals surface area contributed by atoms with Crippen LogP contribution in [0.2, 0.25) is 0 Å². The van der Waals surface area contributed by atoms with E-state index in [4.69, 9.17) is 10.2 Å². The van der Waals surface area contributed by atoms with Gasteiger partial charge in [0, 0.05) is 6.42 Å². The molecule has 0 aliphatic heterocycles. The van der Waals surface area contributed by atoms with E-state index < -0.39 is 15.3 Å². The minimum Gasteiger partial charge on any atom is -0.444 e. The van der Waals surface area contributed by atoms with Crippen LogP contribution in [0.15, 0.2) is 10.6 Å². The summed E-state index contributed by atoms with van der Waals surface area (Å²) in [5.41, 5.74) is 5.29. The second kappa shape index (κ2) is 5.56. The van der Waals surface area contributed by atoms with Crippen molar-refractivity contribution in [2.75, 3.05) is 0 Å². The van der Waals surface area contributed by atoms with Gasteiger partial charge in [0.1, 0.15) is 11.0 Å². The maximum atomic E-state index is 11.7. The summed E-state index contributed by atoms with van der Waals surface area (Å²) < 4.78 is 31.0. The van der Waals surface area contributed by atoms with Gasteiger partial charge in [-0.3, -0.25) is 0 Å². The molecule has 1 aromatic rings. The van der Waals surface area contributed by atoms with Crippen LogP contribution < -0.4 is 10.5 Å². The first-order valence-corrected chi connectivity index (χ1v) is 7.03. The molecule has 3 N–H and O–H groups in total. The Bertz CT molecular complexity index is 495. The number of nitrogens with two attached hydrogens (primary N) is 1. The van der Waals surface area contributed by atoms with Gasteiger partial charge in [-0.2, -0.15) is 0 Å². The Morgan fingerprint density at radius 2 is 2.35 bits per heavy atom. The Kier molecular flexibility index (Phi) is 4.61. The second-order valence-electron chi connectivity index (χ2n) is 3.48. The average Bonchev–Trinajstić information content (AvgIpc) is 2.73. The zero-order valence-electron chi connectivity index (χ0n) is 9.63. The van der Waals surface area contributed by atoms with E-state index in [1.54, 1.807) is 6.20 Å². The van der Waals surface area contributed by atoms with Crippen LogP contribution in [-0.2, 0) is 23.0 Å². The molecule has 1 unspecified atom stereocenters. The number of sulfonamides is 1. The van der Waals surface area contributed by atoms with Crippen LogP contribution in [-0.4, -0.2) is 23.6 Å². The predicted molar refractivity (Wildman–Crippen MR) is 67.9 cm³/mol. The Balaban J connectivity index is 2.64. The van der Waals surface area contributed by atoms with Crippen LogP contribution in [0.5, 0.6) is 0 Å². The molecule has 0 saturated carbocycles. The number of nitrogens with one attached hydrogen (secondary N) is 1. The molecular formula is C9H15N3O3S2. The predicted octanol–water partition coefficient (Wildman–Crippen LogP) is 0.331. The van der Waals surface area contributed by atoms with Crippen molar-refractivity contribution < 1.29 is 12.8 Å². The van der Waals surface area contributed by atoms with Gasteiger partial charge >= 0.3 is 0 Å². The van der Waals surface area contributed by atoms with Crippen LogP contribution in [0.4, 0.5) is 0 Å². The van der Waals surface area contributed by atoms with Gasteiger partial charge in [0.15, 0.2) is 0 Å². The SMILES string of the molecule is CCc1cnc(CNS(=O)(=O)C(C)C(N)=S)o1. The number of thiocarbonyl (C=S) groups is 1.